The summed E-state index contributed by atoms with van der Waals surface area (Å²) in [6.45, 7) is 5.25. The van der Waals surface area contributed by atoms with Crippen molar-refractivity contribution in [1.82, 2.24) is 5.32 Å². The van der Waals surface area contributed by atoms with Gasteiger partial charge >= 0.3 is 5.97 Å². The second-order valence-electron chi connectivity index (χ2n) is 4.41. The Balaban J connectivity index is 2.05. The first-order valence-electron chi connectivity index (χ1n) is 6.30. The van der Waals surface area contributed by atoms with E-state index in [9.17, 15) is 4.79 Å². The summed E-state index contributed by atoms with van der Waals surface area (Å²) in [6, 6.07) is 7.86. The van der Waals surface area contributed by atoms with E-state index in [1.807, 2.05) is 26.0 Å². The summed E-state index contributed by atoms with van der Waals surface area (Å²) in [7, 11) is 0. The van der Waals surface area contributed by atoms with Crippen molar-refractivity contribution in [2.75, 3.05) is 13.2 Å². The van der Waals surface area contributed by atoms with E-state index in [2.05, 4.69) is 17.4 Å². The Bertz CT molecular complexity index is 419. The molecule has 0 saturated heterocycles. The smallest absolute Gasteiger partial charge is 0.322 e. The molecule has 1 aliphatic heterocycles. The maximum Gasteiger partial charge on any atom is 0.322 e. The van der Waals surface area contributed by atoms with Gasteiger partial charge in [-0.2, -0.15) is 0 Å². The SMILES string of the molecule is CCOC(=O)C(C)NC1COCc2ccccc21. The molecule has 2 rings (SSSR count). The Morgan fingerprint density at radius 1 is 1.56 bits per heavy atom. The first-order chi connectivity index (χ1) is 8.72. The fourth-order valence-electron chi connectivity index (χ4n) is 2.16. The number of hydrogen-bond donors (Lipinski definition) is 1. The molecule has 0 aliphatic carbocycles. The van der Waals surface area contributed by atoms with Gasteiger partial charge in [0.25, 0.3) is 0 Å². The van der Waals surface area contributed by atoms with Crippen LogP contribution < -0.4 is 5.32 Å². The molecular formula is C14H19NO3. The van der Waals surface area contributed by atoms with Gasteiger partial charge in [0.05, 0.1) is 25.9 Å². The van der Waals surface area contributed by atoms with Gasteiger partial charge in [0, 0.05) is 0 Å². The van der Waals surface area contributed by atoms with Crippen LogP contribution in [0, 0.1) is 0 Å². The first-order valence-corrected chi connectivity index (χ1v) is 6.30. The number of esters is 1. The maximum absolute atomic E-state index is 11.6. The van der Waals surface area contributed by atoms with E-state index in [1.54, 1.807) is 0 Å². The Labute approximate surface area is 107 Å². The minimum absolute atomic E-state index is 0.0503. The van der Waals surface area contributed by atoms with Crippen molar-refractivity contribution in [3.05, 3.63) is 35.4 Å². The second kappa shape index (κ2) is 5.98. The monoisotopic (exact) mass is 249 g/mol. The van der Waals surface area contributed by atoms with Crippen LogP contribution in [0.5, 0.6) is 0 Å². The lowest BCUT2D eigenvalue weighted by atomic mass is 9.98. The third-order valence-electron chi connectivity index (χ3n) is 3.06. The highest BCUT2D eigenvalue weighted by Crippen LogP contribution is 2.24. The van der Waals surface area contributed by atoms with Crippen LogP contribution in [0.15, 0.2) is 24.3 Å². The van der Waals surface area contributed by atoms with E-state index < -0.39 is 0 Å². The molecule has 0 fully saturated rings. The zero-order chi connectivity index (χ0) is 13.0. The van der Waals surface area contributed by atoms with Crippen LogP contribution in [0.1, 0.15) is 31.0 Å². The molecule has 0 saturated carbocycles. The number of rotatable bonds is 4. The average molecular weight is 249 g/mol. The number of benzene rings is 1. The summed E-state index contributed by atoms with van der Waals surface area (Å²) in [4.78, 5) is 11.6. The number of fused-ring (bicyclic) bond motifs is 1. The second-order valence-corrected chi connectivity index (χ2v) is 4.41. The van der Waals surface area contributed by atoms with Crippen LogP contribution in [0.2, 0.25) is 0 Å². The maximum atomic E-state index is 11.6. The highest BCUT2D eigenvalue weighted by Gasteiger charge is 2.24. The molecule has 4 heteroatoms. The quantitative estimate of drug-likeness (QED) is 0.827. The van der Waals surface area contributed by atoms with Crippen molar-refractivity contribution in [1.29, 1.82) is 0 Å². The van der Waals surface area contributed by atoms with Gasteiger partial charge in [-0.05, 0) is 25.0 Å². The van der Waals surface area contributed by atoms with Gasteiger partial charge in [0.1, 0.15) is 6.04 Å². The van der Waals surface area contributed by atoms with Crippen molar-refractivity contribution in [2.24, 2.45) is 0 Å². The van der Waals surface area contributed by atoms with Crippen LogP contribution in [-0.2, 0) is 20.9 Å². The van der Waals surface area contributed by atoms with Gasteiger partial charge in [-0.15, -0.1) is 0 Å². The van der Waals surface area contributed by atoms with E-state index in [0.29, 0.717) is 19.8 Å². The summed E-state index contributed by atoms with van der Waals surface area (Å²) in [5.41, 5.74) is 2.39. The van der Waals surface area contributed by atoms with Crippen LogP contribution in [-0.4, -0.2) is 25.2 Å². The molecule has 1 aromatic carbocycles. The van der Waals surface area contributed by atoms with Crippen LogP contribution in [0.3, 0.4) is 0 Å². The minimum atomic E-state index is -0.329. The number of hydrogen-bond acceptors (Lipinski definition) is 4. The lowest BCUT2D eigenvalue weighted by Gasteiger charge is -2.28. The minimum Gasteiger partial charge on any atom is -0.465 e. The molecule has 0 spiro atoms. The van der Waals surface area contributed by atoms with Crippen LogP contribution in [0.4, 0.5) is 0 Å². The molecule has 98 valence electrons. The third-order valence-corrected chi connectivity index (χ3v) is 3.06. The largest absolute Gasteiger partial charge is 0.465 e. The summed E-state index contributed by atoms with van der Waals surface area (Å²) >= 11 is 0. The predicted octanol–water partition coefficient (Wildman–Crippen LogP) is 1.80. The van der Waals surface area contributed by atoms with Crippen molar-refractivity contribution >= 4 is 5.97 Å². The lowest BCUT2D eigenvalue weighted by Crippen LogP contribution is -2.41. The Morgan fingerprint density at radius 3 is 3.11 bits per heavy atom. The fourth-order valence-corrected chi connectivity index (χ4v) is 2.16. The number of carbonyl (C=O) groups is 1. The Morgan fingerprint density at radius 2 is 2.33 bits per heavy atom. The van der Waals surface area contributed by atoms with E-state index in [1.165, 1.54) is 11.1 Å². The van der Waals surface area contributed by atoms with E-state index in [4.69, 9.17) is 9.47 Å². The molecule has 2 unspecified atom stereocenters. The zero-order valence-electron chi connectivity index (χ0n) is 10.8. The van der Waals surface area contributed by atoms with Crippen molar-refractivity contribution < 1.29 is 14.3 Å². The molecule has 2 atom stereocenters. The van der Waals surface area contributed by atoms with Crippen molar-refractivity contribution in [3.8, 4) is 0 Å². The number of nitrogens with one attached hydrogen (secondary N) is 1. The standard InChI is InChI=1S/C14H19NO3/c1-3-18-14(16)10(2)15-13-9-17-8-11-6-4-5-7-12(11)13/h4-7,10,13,15H,3,8-9H2,1-2H3. The predicted molar refractivity (Wildman–Crippen MR) is 68.1 cm³/mol. The topological polar surface area (TPSA) is 47.6 Å². The van der Waals surface area contributed by atoms with Crippen molar-refractivity contribution in [2.45, 2.75) is 32.5 Å². The van der Waals surface area contributed by atoms with Crippen molar-refractivity contribution in [3.63, 3.8) is 0 Å². The highest BCUT2D eigenvalue weighted by atomic mass is 16.5. The van der Waals surface area contributed by atoms with E-state index in [0.717, 1.165) is 0 Å². The highest BCUT2D eigenvalue weighted by molar-refractivity contribution is 5.75. The van der Waals surface area contributed by atoms with Gasteiger partial charge in [-0.3, -0.25) is 10.1 Å². The summed E-state index contributed by atoms with van der Waals surface area (Å²) < 4.78 is 10.5. The molecule has 1 aliphatic rings. The number of ether oxygens (including phenoxy) is 2. The molecule has 0 amide bonds. The molecule has 1 heterocycles. The van der Waals surface area contributed by atoms with Gasteiger partial charge in [0.15, 0.2) is 0 Å². The first kappa shape index (κ1) is 13.1. The van der Waals surface area contributed by atoms with E-state index in [-0.39, 0.29) is 18.1 Å². The summed E-state index contributed by atoms with van der Waals surface area (Å²) in [5.74, 6) is -0.222. The molecule has 4 nitrogen and oxygen atoms in total. The van der Waals surface area contributed by atoms with E-state index >= 15 is 0 Å². The Hall–Kier alpha value is -1.39. The normalized spacial score (nSPS) is 20.0. The van der Waals surface area contributed by atoms with Gasteiger partial charge in [0.2, 0.25) is 0 Å². The van der Waals surface area contributed by atoms with Gasteiger partial charge in [-0.1, -0.05) is 24.3 Å². The summed E-state index contributed by atoms with van der Waals surface area (Å²) in [5, 5.41) is 3.26. The fraction of sp³-hybridized carbons (Fsp3) is 0.500. The zero-order valence-corrected chi connectivity index (χ0v) is 10.8. The molecule has 1 N–H and O–H groups in total. The average Bonchev–Trinajstić information content (AvgIpc) is 2.39. The summed E-state index contributed by atoms with van der Waals surface area (Å²) in [6.07, 6.45) is 0. The third kappa shape index (κ3) is 2.89. The molecule has 18 heavy (non-hydrogen) atoms. The van der Waals surface area contributed by atoms with Gasteiger partial charge in [-0.25, -0.2) is 0 Å². The Kier molecular flexibility index (Phi) is 4.33. The number of carbonyl (C=O) groups excluding carboxylic acids is 1. The van der Waals surface area contributed by atoms with Crippen LogP contribution >= 0.6 is 0 Å². The van der Waals surface area contributed by atoms with Crippen LogP contribution in [0.25, 0.3) is 0 Å². The molecule has 0 bridgehead atoms. The molecule has 1 aromatic rings. The molecular weight excluding hydrogens is 230 g/mol. The van der Waals surface area contributed by atoms with Gasteiger partial charge < -0.3 is 9.47 Å². The molecule has 0 radical (unpaired) electrons. The molecule has 0 aromatic heterocycles. The lowest BCUT2D eigenvalue weighted by molar-refractivity contribution is -0.145.